The maximum Gasteiger partial charge on any atom is 0.420 e. The number of benzene rings is 1. The van der Waals surface area contributed by atoms with Gasteiger partial charge in [0.2, 0.25) is 5.91 Å². The van der Waals surface area contributed by atoms with E-state index in [-0.39, 0.29) is 12.5 Å². The van der Waals surface area contributed by atoms with E-state index in [2.05, 4.69) is 4.90 Å². The van der Waals surface area contributed by atoms with Crippen molar-refractivity contribution in [1.29, 1.82) is 0 Å². The maximum absolute atomic E-state index is 13.0. The van der Waals surface area contributed by atoms with Crippen LogP contribution in [-0.4, -0.2) is 59.7 Å². The fourth-order valence-corrected chi connectivity index (χ4v) is 3.37. The number of ether oxygens (including phenoxy) is 1. The van der Waals surface area contributed by atoms with Gasteiger partial charge >= 0.3 is 5.76 Å². The van der Waals surface area contributed by atoms with Crippen LogP contribution >= 0.6 is 0 Å². The lowest BCUT2D eigenvalue weighted by molar-refractivity contribution is -0.133. The largest absolute Gasteiger partial charge is 0.467 e. The van der Waals surface area contributed by atoms with Crippen LogP contribution < -0.4 is 5.76 Å². The number of fused-ring (bicyclic) bond motifs is 1. The van der Waals surface area contributed by atoms with E-state index >= 15 is 0 Å². The van der Waals surface area contributed by atoms with Crippen LogP contribution in [0.25, 0.3) is 11.1 Å². The van der Waals surface area contributed by atoms with Crippen LogP contribution in [0.15, 0.2) is 56.3 Å². The van der Waals surface area contributed by atoms with Gasteiger partial charge in [-0.3, -0.25) is 14.3 Å². The third-order valence-corrected chi connectivity index (χ3v) is 4.94. The van der Waals surface area contributed by atoms with Crippen molar-refractivity contribution in [3.63, 3.8) is 0 Å². The van der Waals surface area contributed by atoms with Crippen molar-refractivity contribution < 1.29 is 18.4 Å². The molecule has 148 valence electrons. The zero-order valence-corrected chi connectivity index (χ0v) is 15.6. The molecule has 1 fully saturated rings. The molecule has 0 radical (unpaired) electrons. The minimum absolute atomic E-state index is 0.0698. The van der Waals surface area contributed by atoms with Crippen LogP contribution in [0.4, 0.5) is 0 Å². The van der Waals surface area contributed by atoms with Crippen LogP contribution in [-0.2, 0) is 22.6 Å². The molecule has 0 spiro atoms. The number of rotatable bonds is 7. The molecule has 0 bridgehead atoms. The fourth-order valence-electron chi connectivity index (χ4n) is 3.37. The van der Waals surface area contributed by atoms with Gasteiger partial charge in [-0.15, -0.1) is 0 Å². The normalized spacial score (nSPS) is 15.1. The van der Waals surface area contributed by atoms with Crippen molar-refractivity contribution in [2.45, 2.75) is 13.1 Å². The summed E-state index contributed by atoms with van der Waals surface area (Å²) in [7, 11) is 0. The van der Waals surface area contributed by atoms with Crippen LogP contribution in [0.1, 0.15) is 5.76 Å². The van der Waals surface area contributed by atoms with Crippen LogP contribution in [0.5, 0.6) is 0 Å². The molecular weight excluding hydrogens is 362 g/mol. The predicted molar refractivity (Wildman–Crippen MR) is 102 cm³/mol. The highest BCUT2D eigenvalue weighted by Crippen LogP contribution is 2.13. The molecule has 4 rings (SSSR count). The van der Waals surface area contributed by atoms with Crippen molar-refractivity contribution in [2.24, 2.45) is 0 Å². The number of nitrogens with zero attached hydrogens (tertiary/aromatic N) is 3. The summed E-state index contributed by atoms with van der Waals surface area (Å²) >= 11 is 0. The molecule has 1 amide bonds. The van der Waals surface area contributed by atoms with Crippen molar-refractivity contribution in [2.75, 3.05) is 39.4 Å². The molecule has 8 nitrogen and oxygen atoms in total. The summed E-state index contributed by atoms with van der Waals surface area (Å²) in [5.74, 6) is 0.0266. The number of hydrogen-bond acceptors (Lipinski definition) is 6. The van der Waals surface area contributed by atoms with E-state index in [9.17, 15) is 9.59 Å². The number of amides is 1. The second-order valence-electron chi connectivity index (χ2n) is 6.77. The molecule has 0 saturated carbocycles. The monoisotopic (exact) mass is 385 g/mol. The van der Waals surface area contributed by atoms with Gasteiger partial charge in [-0.2, -0.15) is 0 Å². The number of furan rings is 1. The summed E-state index contributed by atoms with van der Waals surface area (Å²) in [5, 5.41) is 0. The lowest BCUT2D eigenvalue weighted by Gasteiger charge is -2.29. The Balaban J connectivity index is 1.49. The number of morpholine rings is 1. The second kappa shape index (κ2) is 8.45. The Morgan fingerprint density at radius 1 is 1.11 bits per heavy atom. The molecule has 0 atom stereocenters. The van der Waals surface area contributed by atoms with Gasteiger partial charge < -0.3 is 18.5 Å². The Morgan fingerprint density at radius 2 is 1.93 bits per heavy atom. The lowest BCUT2D eigenvalue weighted by Crippen LogP contribution is -2.44. The predicted octanol–water partition coefficient (Wildman–Crippen LogP) is 1.55. The van der Waals surface area contributed by atoms with Crippen LogP contribution in [0.2, 0.25) is 0 Å². The molecule has 1 aromatic carbocycles. The SMILES string of the molecule is O=C(Cn1c(=O)oc2ccccc21)N(CCN1CCOCC1)Cc1ccco1. The van der Waals surface area contributed by atoms with Crippen molar-refractivity contribution in [3.8, 4) is 0 Å². The molecule has 1 aliphatic rings. The Morgan fingerprint density at radius 3 is 2.71 bits per heavy atom. The molecule has 0 aliphatic carbocycles. The standard InChI is InChI=1S/C20H23N3O5/c24-19(15-23-17-5-1-2-6-18(17)28-20(23)25)22(14-16-4-3-11-27-16)8-7-21-9-12-26-13-10-21/h1-6,11H,7-10,12-15H2. The van der Waals surface area contributed by atoms with Gasteiger partial charge in [0.05, 0.1) is 31.5 Å². The van der Waals surface area contributed by atoms with E-state index in [4.69, 9.17) is 13.6 Å². The van der Waals surface area contributed by atoms with Crippen LogP contribution in [0, 0.1) is 0 Å². The molecule has 1 aliphatic heterocycles. The van der Waals surface area contributed by atoms with Gasteiger partial charge in [0.25, 0.3) is 0 Å². The summed E-state index contributed by atoms with van der Waals surface area (Å²) in [6.45, 7) is 4.72. The van der Waals surface area contributed by atoms with Gasteiger partial charge in [0, 0.05) is 26.2 Å². The number of carbonyl (C=O) groups is 1. The van der Waals surface area contributed by atoms with Crippen molar-refractivity contribution in [1.82, 2.24) is 14.4 Å². The zero-order chi connectivity index (χ0) is 19.3. The summed E-state index contributed by atoms with van der Waals surface area (Å²) < 4.78 is 17.4. The van der Waals surface area contributed by atoms with Gasteiger partial charge in [-0.1, -0.05) is 12.1 Å². The number of para-hydroxylation sites is 2. The highest BCUT2D eigenvalue weighted by molar-refractivity contribution is 5.79. The van der Waals surface area contributed by atoms with Crippen molar-refractivity contribution >= 4 is 17.0 Å². The molecular formula is C20H23N3O5. The minimum Gasteiger partial charge on any atom is -0.467 e. The average molecular weight is 385 g/mol. The minimum atomic E-state index is -0.527. The maximum atomic E-state index is 13.0. The first-order chi connectivity index (χ1) is 13.7. The van der Waals surface area contributed by atoms with E-state index in [0.717, 1.165) is 19.6 Å². The molecule has 1 saturated heterocycles. The van der Waals surface area contributed by atoms with Crippen molar-refractivity contribution in [3.05, 3.63) is 59.0 Å². The van der Waals surface area contributed by atoms with E-state index in [1.165, 1.54) is 4.57 Å². The third-order valence-electron chi connectivity index (χ3n) is 4.94. The molecule has 8 heteroatoms. The molecule has 28 heavy (non-hydrogen) atoms. The summed E-state index contributed by atoms with van der Waals surface area (Å²) in [5.41, 5.74) is 1.10. The molecule has 0 unspecified atom stereocenters. The van der Waals surface area contributed by atoms with Gasteiger partial charge in [0.15, 0.2) is 5.58 Å². The second-order valence-corrected chi connectivity index (χ2v) is 6.77. The summed E-state index contributed by atoms with van der Waals surface area (Å²) in [6, 6.07) is 10.7. The Labute approximate surface area is 161 Å². The van der Waals surface area contributed by atoms with E-state index in [0.29, 0.717) is 43.2 Å². The topological polar surface area (TPSA) is 81.1 Å². The lowest BCUT2D eigenvalue weighted by atomic mass is 10.3. The van der Waals surface area contributed by atoms with Gasteiger partial charge in [-0.05, 0) is 24.3 Å². The third kappa shape index (κ3) is 4.18. The average Bonchev–Trinajstić information content (AvgIpc) is 3.34. The number of aromatic nitrogens is 1. The van der Waals surface area contributed by atoms with E-state index < -0.39 is 5.76 Å². The Bertz CT molecular complexity index is 969. The first kappa shape index (κ1) is 18.5. The summed E-state index contributed by atoms with van der Waals surface area (Å²) in [4.78, 5) is 29.2. The molecule has 0 N–H and O–H groups in total. The fraction of sp³-hybridized carbons (Fsp3) is 0.400. The van der Waals surface area contributed by atoms with E-state index in [1.807, 2.05) is 12.1 Å². The van der Waals surface area contributed by atoms with E-state index in [1.54, 1.807) is 35.4 Å². The highest BCUT2D eigenvalue weighted by atomic mass is 16.5. The van der Waals surface area contributed by atoms with Gasteiger partial charge in [0.1, 0.15) is 12.3 Å². The summed E-state index contributed by atoms with van der Waals surface area (Å²) in [6.07, 6.45) is 1.59. The number of oxazole rings is 1. The highest BCUT2D eigenvalue weighted by Gasteiger charge is 2.20. The van der Waals surface area contributed by atoms with Crippen LogP contribution in [0.3, 0.4) is 0 Å². The smallest absolute Gasteiger partial charge is 0.420 e. The number of carbonyl (C=O) groups excluding carboxylic acids is 1. The first-order valence-corrected chi connectivity index (χ1v) is 9.39. The first-order valence-electron chi connectivity index (χ1n) is 9.39. The molecule has 3 aromatic rings. The number of hydrogen-bond donors (Lipinski definition) is 0. The quantitative estimate of drug-likeness (QED) is 0.614. The zero-order valence-electron chi connectivity index (χ0n) is 15.6. The molecule has 3 heterocycles. The Hall–Kier alpha value is -2.84. The van der Waals surface area contributed by atoms with Gasteiger partial charge in [-0.25, -0.2) is 4.79 Å². The molecule has 2 aromatic heterocycles. The Kier molecular flexibility index (Phi) is 5.59.